The van der Waals surface area contributed by atoms with Crippen molar-refractivity contribution in [2.24, 2.45) is 7.05 Å². The molecule has 106 valence electrons. The molecule has 1 amide bonds. The van der Waals surface area contributed by atoms with Gasteiger partial charge in [0.2, 0.25) is 0 Å². The van der Waals surface area contributed by atoms with E-state index in [9.17, 15) is 9.90 Å². The van der Waals surface area contributed by atoms with Crippen molar-refractivity contribution < 1.29 is 9.90 Å². The summed E-state index contributed by atoms with van der Waals surface area (Å²) >= 11 is 11.6. The van der Waals surface area contributed by atoms with Crippen molar-refractivity contribution >= 4 is 34.8 Å². The molecule has 0 spiro atoms. The van der Waals surface area contributed by atoms with Crippen molar-refractivity contribution in [3.8, 4) is 5.75 Å². The zero-order valence-electron chi connectivity index (χ0n) is 10.9. The Hall–Kier alpha value is -1.72. The highest BCUT2D eigenvalue weighted by Crippen LogP contribution is 2.34. The van der Waals surface area contributed by atoms with Gasteiger partial charge in [0, 0.05) is 18.9 Å². The van der Waals surface area contributed by atoms with Crippen LogP contribution in [0.5, 0.6) is 5.75 Å². The van der Waals surface area contributed by atoms with Gasteiger partial charge in [-0.1, -0.05) is 30.1 Å². The predicted molar refractivity (Wildman–Crippen MR) is 78.7 cm³/mol. The Kier molecular flexibility index (Phi) is 4.20. The van der Waals surface area contributed by atoms with E-state index in [0.717, 1.165) is 0 Å². The number of phenolic OH excluding ortho intramolecular Hbond substituents is 1. The maximum Gasteiger partial charge on any atom is 0.259 e. The van der Waals surface area contributed by atoms with Gasteiger partial charge in [-0.3, -0.25) is 9.48 Å². The summed E-state index contributed by atoms with van der Waals surface area (Å²) in [6.45, 7) is 1.92. The maximum absolute atomic E-state index is 12.2. The molecular formula is C13H13Cl2N3O2. The zero-order chi connectivity index (χ0) is 14.9. The summed E-state index contributed by atoms with van der Waals surface area (Å²) in [6.07, 6.45) is 2.30. The number of halogens is 2. The highest BCUT2D eigenvalue weighted by atomic mass is 35.5. The van der Waals surface area contributed by atoms with Crippen molar-refractivity contribution in [1.29, 1.82) is 0 Å². The number of aromatic hydroxyl groups is 1. The number of carbonyl (C=O) groups is 1. The molecule has 1 aromatic heterocycles. The van der Waals surface area contributed by atoms with Crippen LogP contribution in [0.1, 0.15) is 23.0 Å². The Morgan fingerprint density at radius 2 is 2.00 bits per heavy atom. The lowest BCUT2D eigenvalue weighted by Gasteiger charge is -2.07. The number of phenols is 1. The molecule has 0 saturated carbocycles. The monoisotopic (exact) mass is 313 g/mol. The summed E-state index contributed by atoms with van der Waals surface area (Å²) in [5.74, 6) is -0.505. The van der Waals surface area contributed by atoms with Crippen LogP contribution in [0.15, 0.2) is 18.3 Å². The fraction of sp³-hybridized carbons (Fsp3) is 0.231. The van der Waals surface area contributed by atoms with E-state index >= 15 is 0 Å². The second kappa shape index (κ2) is 5.73. The van der Waals surface area contributed by atoms with Crippen molar-refractivity contribution in [2.75, 3.05) is 5.32 Å². The van der Waals surface area contributed by atoms with E-state index in [-0.39, 0.29) is 21.7 Å². The molecule has 0 aliphatic carbocycles. The van der Waals surface area contributed by atoms with Crippen molar-refractivity contribution in [2.45, 2.75) is 13.3 Å². The molecule has 2 aromatic rings. The molecule has 7 heteroatoms. The minimum atomic E-state index is -0.298. The number of rotatable bonds is 3. The average molecular weight is 314 g/mol. The van der Waals surface area contributed by atoms with Gasteiger partial charge in [-0.05, 0) is 18.6 Å². The maximum atomic E-state index is 12.2. The number of carbonyl (C=O) groups excluding carboxylic acids is 1. The topological polar surface area (TPSA) is 67.2 Å². The first-order valence-electron chi connectivity index (χ1n) is 5.94. The molecule has 2 rings (SSSR count). The molecule has 20 heavy (non-hydrogen) atoms. The number of nitrogens with zero attached hydrogens (tertiary/aromatic N) is 2. The van der Waals surface area contributed by atoms with Gasteiger partial charge in [0.25, 0.3) is 5.91 Å². The van der Waals surface area contributed by atoms with Crippen molar-refractivity contribution in [1.82, 2.24) is 9.78 Å². The fourth-order valence-electron chi connectivity index (χ4n) is 1.82. The Morgan fingerprint density at radius 1 is 1.40 bits per heavy atom. The number of hydrogen-bond donors (Lipinski definition) is 2. The third-order valence-electron chi connectivity index (χ3n) is 2.76. The SMILES string of the molecule is CCc1nn(C)cc1C(=O)Nc1cc(Cl)c(O)c(Cl)c1. The third-order valence-corrected chi connectivity index (χ3v) is 3.34. The largest absolute Gasteiger partial charge is 0.505 e. The number of nitrogens with one attached hydrogen (secondary N) is 1. The summed E-state index contributed by atoms with van der Waals surface area (Å²) in [5.41, 5.74) is 1.62. The van der Waals surface area contributed by atoms with E-state index in [1.54, 1.807) is 17.9 Å². The molecule has 1 aromatic carbocycles. The Balaban J connectivity index is 2.28. The quantitative estimate of drug-likeness (QED) is 0.855. The highest BCUT2D eigenvalue weighted by molar-refractivity contribution is 6.37. The van der Waals surface area contributed by atoms with Gasteiger partial charge in [0.1, 0.15) is 0 Å². The highest BCUT2D eigenvalue weighted by Gasteiger charge is 2.15. The number of anilines is 1. The van der Waals surface area contributed by atoms with E-state index in [0.29, 0.717) is 23.4 Å². The molecule has 0 fully saturated rings. The van der Waals surface area contributed by atoms with E-state index < -0.39 is 0 Å². The van der Waals surface area contributed by atoms with Gasteiger partial charge >= 0.3 is 0 Å². The molecule has 0 aliphatic heterocycles. The minimum absolute atomic E-state index is 0.0784. The molecule has 5 nitrogen and oxygen atoms in total. The van der Waals surface area contributed by atoms with Crippen molar-refractivity contribution in [3.63, 3.8) is 0 Å². The molecule has 0 atom stereocenters. The average Bonchev–Trinajstić information content (AvgIpc) is 2.77. The Bertz CT molecular complexity index is 645. The number of hydrogen-bond acceptors (Lipinski definition) is 3. The normalized spacial score (nSPS) is 10.6. The van der Waals surface area contributed by atoms with Crippen LogP contribution in [0, 0.1) is 0 Å². The number of benzene rings is 1. The second-order valence-electron chi connectivity index (χ2n) is 4.26. The summed E-state index contributed by atoms with van der Waals surface area (Å²) in [5, 5.41) is 16.5. The van der Waals surface area contributed by atoms with Crippen LogP contribution in [0.2, 0.25) is 10.0 Å². The summed E-state index contributed by atoms with van der Waals surface area (Å²) in [7, 11) is 1.75. The molecule has 0 saturated heterocycles. The molecule has 0 aliphatic rings. The van der Waals surface area contributed by atoms with Crippen LogP contribution in [-0.4, -0.2) is 20.8 Å². The first-order chi connectivity index (χ1) is 9.42. The fourth-order valence-corrected chi connectivity index (χ4v) is 2.31. The van der Waals surface area contributed by atoms with Gasteiger partial charge in [0.15, 0.2) is 5.75 Å². The molecule has 0 bridgehead atoms. The molecule has 0 unspecified atom stereocenters. The van der Waals surface area contributed by atoms with Gasteiger partial charge in [-0.2, -0.15) is 5.10 Å². The summed E-state index contributed by atoms with van der Waals surface area (Å²) in [4.78, 5) is 12.2. The lowest BCUT2D eigenvalue weighted by atomic mass is 10.2. The second-order valence-corrected chi connectivity index (χ2v) is 5.07. The van der Waals surface area contributed by atoms with Gasteiger partial charge < -0.3 is 10.4 Å². The molecule has 0 radical (unpaired) electrons. The lowest BCUT2D eigenvalue weighted by Crippen LogP contribution is -2.13. The molecular weight excluding hydrogens is 301 g/mol. The summed E-state index contributed by atoms with van der Waals surface area (Å²) in [6, 6.07) is 2.87. The van der Waals surface area contributed by atoms with E-state index in [2.05, 4.69) is 10.4 Å². The van der Waals surface area contributed by atoms with Gasteiger partial charge in [0.05, 0.1) is 21.3 Å². The standard InChI is InChI=1S/C13H13Cl2N3O2/c1-3-11-8(6-18(2)17-11)13(20)16-7-4-9(14)12(19)10(15)5-7/h4-6,19H,3H2,1-2H3,(H,16,20). The van der Waals surface area contributed by atoms with Crippen LogP contribution < -0.4 is 5.32 Å². The number of aryl methyl sites for hydroxylation is 2. The Labute approximate surface area is 126 Å². The molecule has 2 N–H and O–H groups in total. The lowest BCUT2D eigenvalue weighted by molar-refractivity contribution is 0.102. The smallest absolute Gasteiger partial charge is 0.259 e. The number of amides is 1. The third kappa shape index (κ3) is 2.89. The van der Waals surface area contributed by atoms with Crippen LogP contribution >= 0.6 is 23.2 Å². The molecule has 1 heterocycles. The summed E-state index contributed by atoms with van der Waals surface area (Å²) < 4.78 is 1.59. The number of aromatic nitrogens is 2. The van der Waals surface area contributed by atoms with E-state index in [4.69, 9.17) is 23.2 Å². The van der Waals surface area contributed by atoms with Crippen LogP contribution in [0.4, 0.5) is 5.69 Å². The Morgan fingerprint density at radius 3 is 2.55 bits per heavy atom. The van der Waals surface area contributed by atoms with Crippen LogP contribution in [0.3, 0.4) is 0 Å². The van der Waals surface area contributed by atoms with E-state index in [1.807, 2.05) is 6.92 Å². The van der Waals surface area contributed by atoms with E-state index in [1.165, 1.54) is 12.1 Å². The van der Waals surface area contributed by atoms with Gasteiger partial charge in [-0.15, -0.1) is 0 Å². The van der Waals surface area contributed by atoms with Crippen LogP contribution in [0.25, 0.3) is 0 Å². The first kappa shape index (κ1) is 14.7. The first-order valence-corrected chi connectivity index (χ1v) is 6.69. The zero-order valence-corrected chi connectivity index (χ0v) is 12.5. The van der Waals surface area contributed by atoms with Crippen LogP contribution in [-0.2, 0) is 13.5 Å². The van der Waals surface area contributed by atoms with Crippen molar-refractivity contribution in [3.05, 3.63) is 39.6 Å². The minimum Gasteiger partial charge on any atom is -0.505 e. The predicted octanol–water partition coefficient (Wildman–Crippen LogP) is 3.25. The van der Waals surface area contributed by atoms with Gasteiger partial charge in [-0.25, -0.2) is 0 Å².